The highest BCUT2D eigenvalue weighted by Crippen LogP contribution is 2.31. The molecule has 7 heteroatoms. The molecule has 0 aromatic heterocycles. The third-order valence-electron chi connectivity index (χ3n) is 2.95. The Bertz CT molecular complexity index is 834. The lowest BCUT2D eigenvalue weighted by atomic mass is 10.2. The molecule has 1 amide bonds. The molecule has 1 N–H and O–H groups in total. The molecule has 116 valence electrons. The molecule has 0 spiro atoms. The molecule has 3 rings (SSSR count). The Balaban J connectivity index is 1.82. The lowest BCUT2D eigenvalue weighted by Gasteiger charge is -1.99. The third-order valence-corrected chi connectivity index (χ3v) is 5.13. The van der Waals surface area contributed by atoms with Gasteiger partial charge in [0.05, 0.1) is 20.6 Å². The molecule has 0 bridgehead atoms. The van der Waals surface area contributed by atoms with E-state index in [4.69, 9.17) is 23.2 Å². The van der Waals surface area contributed by atoms with Crippen LogP contribution in [0.25, 0.3) is 6.08 Å². The first kappa shape index (κ1) is 16.6. The average molecular weight is 428 g/mol. The zero-order valence-electron chi connectivity index (χ0n) is 11.5. The van der Waals surface area contributed by atoms with Gasteiger partial charge >= 0.3 is 0 Å². The summed E-state index contributed by atoms with van der Waals surface area (Å²) >= 11 is 16.5. The monoisotopic (exact) mass is 426 g/mol. The van der Waals surface area contributed by atoms with Crippen molar-refractivity contribution >= 4 is 73.7 Å². The van der Waals surface area contributed by atoms with Gasteiger partial charge in [-0.2, -0.15) is 0 Å². The van der Waals surface area contributed by atoms with Crippen molar-refractivity contribution in [1.29, 1.82) is 0 Å². The molecule has 0 unspecified atom stereocenters. The molecule has 0 saturated carbocycles. The van der Waals surface area contributed by atoms with Crippen LogP contribution in [0.1, 0.15) is 5.56 Å². The van der Waals surface area contributed by atoms with Crippen LogP contribution in [0.3, 0.4) is 0 Å². The number of rotatable bonds is 2. The number of benzene rings is 2. The molecule has 3 nitrogen and oxygen atoms in total. The fourth-order valence-electron chi connectivity index (χ4n) is 1.86. The highest BCUT2D eigenvalue weighted by atomic mass is 79.9. The van der Waals surface area contributed by atoms with E-state index in [-0.39, 0.29) is 5.91 Å². The Kier molecular flexibility index (Phi) is 5.11. The van der Waals surface area contributed by atoms with Gasteiger partial charge in [-0.25, -0.2) is 4.99 Å². The van der Waals surface area contributed by atoms with Crippen molar-refractivity contribution in [2.75, 3.05) is 0 Å². The topological polar surface area (TPSA) is 41.5 Å². The molecule has 1 heterocycles. The van der Waals surface area contributed by atoms with Crippen molar-refractivity contribution in [3.63, 3.8) is 0 Å². The zero-order valence-corrected chi connectivity index (χ0v) is 15.4. The van der Waals surface area contributed by atoms with E-state index in [1.165, 1.54) is 11.8 Å². The maximum absolute atomic E-state index is 12.0. The summed E-state index contributed by atoms with van der Waals surface area (Å²) in [6.07, 6.45) is 1.82. The highest BCUT2D eigenvalue weighted by molar-refractivity contribution is 9.10. The summed E-state index contributed by atoms with van der Waals surface area (Å²) in [5.41, 5.74) is 1.58. The quantitative estimate of drug-likeness (QED) is 0.629. The second-order valence-electron chi connectivity index (χ2n) is 4.63. The summed E-state index contributed by atoms with van der Waals surface area (Å²) < 4.78 is 0.991. The van der Waals surface area contributed by atoms with E-state index in [9.17, 15) is 4.79 Å². The summed E-state index contributed by atoms with van der Waals surface area (Å²) in [5, 5.41) is 4.14. The Morgan fingerprint density at radius 1 is 1.09 bits per heavy atom. The van der Waals surface area contributed by atoms with Gasteiger partial charge in [-0.3, -0.25) is 4.79 Å². The van der Waals surface area contributed by atoms with Crippen LogP contribution in [0.5, 0.6) is 0 Å². The smallest absolute Gasteiger partial charge is 0.264 e. The van der Waals surface area contributed by atoms with E-state index in [1.54, 1.807) is 18.2 Å². The molecule has 1 aliphatic heterocycles. The van der Waals surface area contributed by atoms with E-state index in [1.807, 2.05) is 30.3 Å². The number of amides is 1. The summed E-state index contributed by atoms with van der Waals surface area (Å²) in [6, 6.07) is 12.8. The van der Waals surface area contributed by atoms with Crippen molar-refractivity contribution in [2.24, 2.45) is 4.99 Å². The fourth-order valence-corrected chi connectivity index (χ4v) is 3.26. The summed E-state index contributed by atoms with van der Waals surface area (Å²) in [5.74, 6) is -0.170. The van der Waals surface area contributed by atoms with Crippen LogP contribution < -0.4 is 5.32 Å². The van der Waals surface area contributed by atoms with E-state index in [0.717, 1.165) is 10.0 Å². The predicted octanol–water partition coefficient (Wildman–Crippen LogP) is 5.65. The first-order chi connectivity index (χ1) is 11.0. The Labute approximate surface area is 155 Å². The molecular weight excluding hydrogens is 419 g/mol. The van der Waals surface area contributed by atoms with Crippen LogP contribution in [0, 0.1) is 0 Å². The molecule has 23 heavy (non-hydrogen) atoms. The maximum Gasteiger partial charge on any atom is 0.264 e. The molecule has 2 aromatic rings. The zero-order chi connectivity index (χ0) is 16.4. The predicted molar refractivity (Wildman–Crippen MR) is 101 cm³/mol. The number of nitrogens with one attached hydrogen (secondary N) is 1. The SMILES string of the molecule is O=C1NC(=Nc2ccc(Cl)c(Cl)c2)S/C1=C/c1ccc(Br)cc1. The van der Waals surface area contributed by atoms with Crippen LogP contribution in [0.2, 0.25) is 10.0 Å². The molecule has 0 radical (unpaired) electrons. The number of carbonyl (C=O) groups excluding carboxylic acids is 1. The number of hydrogen-bond acceptors (Lipinski definition) is 3. The molecule has 0 aliphatic carbocycles. The van der Waals surface area contributed by atoms with Gasteiger partial charge in [-0.05, 0) is 53.7 Å². The van der Waals surface area contributed by atoms with E-state index in [2.05, 4.69) is 26.2 Å². The fraction of sp³-hybridized carbons (Fsp3) is 0. The lowest BCUT2D eigenvalue weighted by molar-refractivity contribution is -0.115. The normalized spacial score (nSPS) is 17.8. The minimum absolute atomic E-state index is 0.170. The van der Waals surface area contributed by atoms with Crippen molar-refractivity contribution in [3.05, 3.63) is 67.5 Å². The second kappa shape index (κ2) is 7.09. The van der Waals surface area contributed by atoms with Crippen molar-refractivity contribution < 1.29 is 4.79 Å². The number of amidine groups is 1. The Hall–Kier alpha value is -1.27. The largest absolute Gasteiger partial charge is 0.300 e. The van der Waals surface area contributed by atoms with Crippen LogP contribution in [0.4, 0.5) is 5.69 Å². The number of halogens is 3. The van der Waals surface area contributed by atoms with Crippen LogP contribution >= 0.6 is 50.9 Å². The summed E-state index contributed by atoms with van der Waals surface area (Å²) in [6.45, 7) is 0. The molecule has 1 aliphatic rings. The van der Waals surface area contributed by atoms with Crippen LogP contribution in [0.15, 0.2) is 56.8 Å². The first-order valence-electron chi connectivity index (χ1n) is 6.51. The minimum Gasteiger partial charge on any atom is -0.300 e. The molecule has 1 saturated heterocycles. The minimum atomic E-state index is -0.170. The third kappa shape index (κ3) is 4.18. The number of aliphatic imine (C=N–C) groups is 1. The van der Waals surface area contributed by atoms with Crippen LogP contribution in [-0.2, 0) is 4.79 Å². The standard InChI is InChI=1S/C16H9BrCl2N2OS/c17-10-3-1-9(2-4-10)7-14-15(22)21-16(23-14)20-11-5-6-12(18)13(19)8-11/h1-8H,(H,20,21,22)/b14-7+. The van der Waals surface area contributed by atoms with Gasteiger partial charge in [-0.1, -0.05) is 51.3 Å². The lowest BCUT2D eigenvalue weighted by Crippen LogP contribution is -2.19. The highest BCUT2D eigenvalue weighted by Gasteiger charge is 2.23. The maximum atomic E-state index is 12.0. The molecule has 0 atom stereocenters. The summed E-state index contributed by atoms with van der Waals surface area (Å²) in [7, 11) is 0. The van der Waals surface area contributed by atoms with Gasteiger partial charge < -0.3 is 5.32 Å². The van der Waals surface area contributed by atoms with Crippen LogP contribution in [-0.4, -0.2) is 11.1 Å². The number of thioether (sulfide) groups is 1. The van der Waals surface area contributed by atoms with Crippen molar-refractivity contribution in [3.8, 4) is 0 Å². The Morgan fingerprint density at radius 2 is 1.83 bits per heavy atom. The van der Waals surface area contributed by atoms with Gasteiger partial charge in [0, 0.05) is 4.47 Å². The van der Waals surface area contributed by atoms with Gasteiger partial charge in [0.15, 0.2) is 5.17 Å². The number of carbonyl (C=O) groups is 1. The van der Waals surface area contributed by atoms with Crippen molar-refractivity contribution in [1.82, 2.24) is 5.32 Å². The number of nitrogens with zero attached hydrogens (tertiary/aromatic N) is 1. The van der Waals surface area contributed by atoms with Gasteiger partial charge in [-0.15, -0.1) is 0 Å². The first-order valence-corrected chi connectivity index (χ1v) is 8.88. The second-order valence-corrected chi connectivity index (χ2v) is 7.39. The van der Waals surface area contributed by atoms with E-state index >= 15 is 0 Å². The Morgan fingerprint density at radius 3 is 2.52 bits per heavy atom. The van der Waals surface area contributed by atoms with Gasteiger partial charge in [0.1, 0.15) is 0 Å². The molecule has 1 fully saturated rings. The van der Waals surface area contributed by atoms with Crippen molar-refractivity contribution in [2.45, 2.75) is 0 Å². The van der Waals surface area contributed by atoms with Gasteiger partial charge in [0.2, 0.25) is 0 Å². The molecule has 2 aromatic carbocycles. The molecular formula is C16H9BrCl2N2OS. The van der Waals surface area contributed by atoms with Gasteiger partial charge in [0.25, 0.3) is 5.91 Å². The van der Waals surface area contributed by atoms with E-state index in [0.29, 0.717) is 25.8 Å². The average Bonchev–Trinajstić information content (AvgIpc) is 2.85. The van der Waals surface area contributed by atoms with E-state index < -0.39 is 0 Å². The number of hydrogen-bond donors (Lipinski definition) is 1. The summed E-state index contributed by atoms with van der Waals surface area (Å²) in [4.78, 5) is 17.0.